The van der Waals surface area contributed by atoms with Gasteiger partial charge in [-0.1, -0.05) is 39.5 Å². The summed E-state index contributed by atoms with van der Waals surface area (Å²) >= 11 is 0. The molecular formula is C18H18W. The fraction of sp³-hybridized carbons (Fsp3) is 0.444. The van der Waals surface area contributed by atoms with E-state index in [4.69, 9.17) is 0 Å². The largest absolute Gasteiger partial charge is 0.0654 e. The molecule has 0 spiro atoms. The Morgan fingerprint density at radius 1 is 0.632 bits per heavy atom. The van der Waals surface area contributed by atoms with Crippen molar-refractivity contribution in [2.24, 2.45) is 0 Å². The van der Waals surface area contributed by atoms with Gasteiger partial charge in [-0.15, -0.1) is 0 Å². The van der Waals surface area contributed by atoms with Crippen LogP contribution in [0.1, 0.15) is 52.4 Å². The van der Waals surface area contributed by atoms with Crippen LogP contribution < -0.4 is 0 Å². The molecule has 2 aliphatic rings. The Bertz CT molecular complexity index is 147. The molecule has 0 unspecified atom stereocenters. The molecule has 0 nitrogen and oxygen atoms in total. The molecule has 96 valence electrons. The van der Waals surface area contributed by atoms with Crippen LogP contribution in [0.4, 0.5) is 0 Å². The molecule has 0 aliphatic heterocycles. The normalized spacial score (nSPS) is 19.9. The first-order valence-corrected chi connectivity index (χ1v) is 6.62. The minimum Gasteiger partial charge on any atom is -0.0654 e. The maximum Gasteiger partial charge on any atom is 0 e. The Morgan fingerprint density at radius 3 is 1.21 bits per heavy atom. The van der Waals surface area contributed by atoms with Crippen LogP contribution >= 0.6 is 0 Å². The van der Waals surface area contributed by atoms with Gasteiger partial charge >= 0.3 is 0 Å². The second-order valence-corrected chi connectivity index (χ2v) is 4.16. The van der Waals surface area contributed by atoms with Crippen LogP contribution in [-0.2, 0) is 21.1 Å². The minimum absolute atomic E-state index is 0. The summed E-state index contributed by atoms with van der Waals surface area (Å²) in [5.74, 6) is 2.24. The second kappa shape index (κ2) is 13.7. The SMILES string of the molecule is CCCC[C]1[C][C][C][C]1.CCCC[C]1[C][C][C][C]1.[W]. The quantitative estimate of drug-likeness (QED) is 0.608. The molecule has 0 amide bonds. The van der Waals surface area contributed by atoms with Crippen LogP contribution in [-0.4, -0.2) is 0 Å². The van der Waals surface area contributed by atoms with Gasteiger partial charge in [0.25, 0.3) is 0 Å². The maximum absolute atomic E-state index is 2.94. The summed E-state index contributed by atoms with van der Waals surface area (Å²) in [4.78, 5) is 0. The van der Waals surface area contributed by atoms with E-state index in [1.54, 1.807) is 0 Å². The first-order chi connectivity index (χ1) is 8.86. The van der Waals surface area contributed by atoms with Gasteiger partial charge in [0.1, 0.15) is 0 Å². The van der Waals surface area contributed by atoms with Crippen molar-refractivity contribution in [3.63, 3.8) is 0 Å². The fourth-order valence-electron chi connectivity index (χ4n) is 1.45. The Kier molecular flexibility index (Phi) is 14.2. The number of rotatable bonds is 6. The van der Waals surface area contributed by atoms with Crippen LogP contribution in [0.15, 0.2) is 0 Å². The van der Waals surface area contributed by atoms with Crippen LogP contribution in [0.25, 0.3) is 0 Å². The first kappa shape index (κ1) is 19.7. The monoisotopic (exact) mass is 418 g/mol. The third-order valence-electron chi connectivity index (χ3n) is 2.54. The molecule has 18 radical (unpaired) electrons. The third-order valence-corrected chi connectivity index (χ3v) is 2.54. The number of unbranched alkanes of at least 4 members (excludes halogenated alkanes) is 2. The molecule has 0 N–H and O–H groups in total. The predicted molar refractivity (Wildman–Crippen MR) is 71.5 cm³/mol. The van der Waals surface area contributed by atoms with E-state index in [1.807, 2.05) is 0 Å². The van der Waals surface area contributed by atoms with Gasteiger partial charge in [0, 0.05) is 21.1 Å². The number of hydrogen-bond acceptors (Lipinski definition) is 0. The van der Waals surface area contributed by atoms with Crippen molar-refractivity contribution >= 4 is 0 Å². The molecule has 0 saturated heterocycles. The van der Waals surface area contributed by atoms with E-state index in [0.717, 1.165) is 24.7 Å². The average Bonchev–Trinajstić information content (AvgIpc) is 3.07. The maximum atomic E-state index is 2.94. The fourth-order valence-corrected chi connectivity index (χ4v) is 1.45. The summed E-state index contributed by atoms with van der Waals surface area (Å²) in [5, 5.41) is 0. The molecule has 2 rings (SSSR count). The second-order valence-electron chi connectivity index (χ2n) is 4.16. The Labute approximate surface area is 136 Å². The molecule has 1 heteroatoms. The molecule has 2 aliphatic carbocycles. The van der Waals surface area contributed by atoms with Crippen LogP contribution in [0.3, 0.4) is 0 Å². The smallest absolute Gasteiger partial charge is 0 e. The molecular weight excluding hydrogens is 400 g/mol. The van der Waals surface area contributed by atoms with Crippen molar-refractivity contribution in [3.8, 4) is 0 Å². The molecule has 0 heterocycles. The van der Waals surface area contributed by atoms with Gasteiger partial charge < -0.3 is 0 Å². The molecule has 0 aromatic rings. The van der Waals surface area contributed by atoms with Gasteiger partial charge in [-0.25, -0.2) is 0 Å². The zero-order valence-corrected chi connectivity index (χ0v) is 14.6. The van der Waals surface area contributed by atoms with E-state index in [0.29, 0.717) is 0 Å². The summed E-state index contributed by atoms with van der Waals surface area (Å²) < 4.78 is 0. The van der Waals surface area contributed by atoms with Gasteiger partial charge in [-0.05, 0) is 76.0 Å². The molecule has 0 atom stereocenters. The van der Waals surface area contributed by atoms with Gasteiger partial charge in [0.15, 0.2) is 0 Å². The summed E-state index contributed by atoms with van der Waals surface area (Å²) in [6.07, 6.45) is 29.7. The van der Waals surface area contributed by atoms with E-state index in [2.05, 4.69) is 65.2 Å². The average molecular weight is 418 g/mol. The van der Waals surface area contributed by atoms with Crippen molar-refractivity contribution in [2.45, 2.75) is 52.4 Å². The Balaban J connectivity index is 0.000000324. The first-order valence-electron chi connectivity index (χ1n) is 6.62. The van der Waals surface area contributed by atoms with Crippen molar-refractivity contribution in [1.29, 1.82) is 0 Å². The van der Waals surface area contributed by atoms with E-state index in [9.17, 15) is 0 Å². The van der Waals surface area contributed by atoms with E-state index in [1.165, 1.54) is 25.7 Å². The Hall–Kier alpha value is 0.688. The standard InChI is InChI=1S/2C9H9.W/c2*1-2-3-6-9-7-4-5-8-9;/h2*2-3,6H2,1H3;. The van der Waals surface area contributed by atoms with Gasteiger partial charge in [0.05, 0.1) is 0 Å². The molecule has 2 fully saturated rings. The summed E-state index contributed by atoms with van der Waals surface area (Å²) in [6.45, 7) is 4.35. The summed E-state index contributed by atoms with van der Waals surface area (Å²) in [5.41, 5.74) is 0. The van der Waals surface area contributed by atoms with Gasteiger partial charge in [-0.3, -0.25) is 0 Å². The summed E-state index contributed by atoms with van der Waals surface area (Å²) in [6, 6.07) is 0. The van der Waals surface area contributed by atoms with E-state index >= 15 is 0 Å². The van der Waals surface area contributed by atoms with E-state index in [-0.39, 0.29) is 21.1 Å². The third kappa shape index (κ3) is 10.1. The number of hydrogen-bond donors (Lipinski definition) is 0. The Morgan fingerprint density at radius 2 is 0.947 bits per heavy atom. The van der Waals surface area contributed by atoms with Crippen LogP contribution in [0.5, 0.6) is 0 Å². The summed E-state index contributed by atoms with van der Waals surface area (Å²) in [7, 11) is 0. The molecule has 0 aromatic heterocycles. The molecule has 2 saturated carbocycles. The predicted octanol–water partition coefficient (Wildman–Crippen LogP) is 4.18. The van der Waals surface area contributed by atoms with Crippen LogP contribution in [0, 0.1) is 63.2 Å². The molecule has 0 bridgehead atoms. The molecule has 19 heavy (non-hydrogen) atoms. The van der Waals surface area contributed by atoms with Gasteiger partial charge in [-0.2, -0.15) is 0 Å². The van der Waals surface area contributed by atoms with Crippen molar-refractivity contribution in [3.05, 3.63) is 63.2 Å². The van der Waals surface area contributed by atoms with Crippen LogP contribution in [0.2, 0.25) is 0 Å². The minimum atomic E-state index is 0. The van der Waals surface area contributed by atoms with E-state index < -0.39 is 0 Å². The zero-order valence-electron chi connectivity index (χ0n) is 11.7. The molecule has 0 aromatic carbocycles. The van der Waals surface area contributed by atoms with Crippen molar-refractivity contribution in [2.75, 3.05) is 0 Å². The van der Waals surface area contributed by atoms with Crippen molar-refractivity contribution in [1.82, 2.24) is 0 Å². The topological polar surface area (TPSA) is 0 Å². The zero-order chi connectivity index (χ0) is 13.1. The van der Waals surface area contributed by atoms with Crippen molar-refractivity contribution < 1.29 is 21.1 Å². The van der Waals surface area contributed by atoms with Gasteiger partial charge in [0.2, 0.25) is 0 Å².